The van der Waals surface area contributed by atoms with Crippen molar-refractivity contribution in [1.29, 1.82) is 0 Å². The zero-order chi connectivity index (χ0) is 14.2. The average Bonchev–Trinajstić information content (AvgIpc) is 2.75. The molecule has 0 atom stereocenters. The van der Waals surface area contributed by atoms with Gasteiger partial charge in [-0.25, -0.2) is 0 Å². The molecule has 0 unspecified atom stereocenters. The molecule has 0 aliphatic carbocycles. The molecule has 0 amide bonds. The SMILES string of the molecule is COc1nnc(-c2ccc(Cl)c(C(F)(F)F)c2Cl)o1. The number of ether oxygens (including phenoxy) is 1. The molecule has 1 aromatic heterocycles. The maximum absolute atomic E-state index is 12.8. The van der Waals surface area contributed by atoms with Crippen LogP contribution in [0.2, 0.25) is 10.0 Å². The molecule has 102 valence electrons. The van der Waals surface area contributed by atoms with Crippen molar-refractivity contribution in [2.75, 3.05) is 7.11 Å². The van der Waals surface area contributed by atoms with Crippen LogP contribution in [0.5, 0.6) is 6.08 Å². The van der Waals surface area contributed by atoms with Gasteiger partial charge in [0.2, 0.25) is 0 Å². The van der Waals surface area contributed by atoms with Gasteiger partial charge in [-0.05, 0) is 12.1 Å². The second-order valence-corrected chi connectivity index (χ2v) is 4.14. The Labute approximate surface area is 115 Å². The molecule has 2 rings (SSSR count). The third kappa shape index (κ3) is 2.62. The van der Waals surface area contributed by atoms with Gasteiger partial charge in [0.25, 0.3) is 5.89 Å². The highest BCUT2D eigenvalue weighted by atomic mass is 35.5. The predicted molar refractivity (Wildman–Crippen MR) is 61.3 cm³/mol. The molecule has 1 heterocycles. The summed E-state index contributed by atoms with van der Waals surface area (Å²) in [5.74, 6) is -0.191. The van der Waals surface area contributed by atoms with Gasteiger partial charge in [-0.15, -0.1) is 5.10 Å². The van der Waals surface area contributed by atoms with Crippen LogP contribution in [0, 0.1) is 0 Å². The normalized spacial score (nSPS) is 11.7. The lowest BCUT2D eigenvalue weighted by atomic mass is 10.1. The van der Waals surface area contributed by atoms with E-state index in [1.54, 1.807) is 0 Å². The number of methoxy groups -OCH3 is 1. The Bertz CT molecular complexity index is 613. The molecular weight excluding hydrogens is 308 g/mol. The first-order valence-corrected chi connectivity index (χ1v) is 5.53. The van der Waals surface area contributed by atoms with Gasteiger partial charge in [0.1, 0.15) is 0 Å². The number of hydrogen-bond donors (Lipinski definition) is 0. The fourth-order valence-corrected chi connectivity index (χ4v) is 2.04. The third-order valence-corrected chi connectivity index (χ3v) is 2.89. The van der Waals surface area contributed by atoms with Crippen molar-refractivity contribution in [2.24, 2.45) is 0 Å². The maximum atomic E-state index is 12.8. The number of benzene rings is 1. The van der Waals surface area contributed by atoms with E-state index in [0.29, 0.717) is 0 Å². The standard InChI is InChI=1S/C10H5Cl2F3N2O2/c1-18-9-17-16-8(19-9)4-2-3-5(11)6(7(4)12)10(13,14)15/h2-3H,1H3. The first-order valence-electron chi connectivity index (χ1n) is 4.77. The highest BCUT2D eigenvalue weighted by molar-refractivity contribution is 6.37. The highest BCUT2D eigenvalue weighted by Gasteiger charge is 2.37. The van der Waals surface area contributed by atoms with Crippen LogP contribution in [0.4, 0.5) is 13.2 Å². The largest absolute Gasteiger partial charge is 0.452 e. The Balaban J connectivity index is 2.60. The summed E-state index contributed by atoms with van der Waals surface area (Å²) >= 11 is 11.2. The minimum absolute atomic E-state index is 0.0748. The van der Waals surface area contributed by atoms with Crippen LogP contribution in [-0.2, 0) is 6.18 Å². The van der Waals surface area contributed by atoms with Gasteiger partial charge in [-0.2, -0.15) is 13.2 Å². The van der Waals surface area contributed by atoms with Crippen molar-refractivity contribution in [1.82, 2.24) is 10.2 Å². The first-order chi connectivity index (χ1) is 8.84. The Kier molecular flexibility index (Phi) is 3.60. The minimum Gasteiger partial charge on any atom is -0.452 e. The van der Waals surface area contributed by atoms with Gasteiger partial charge in [0, 0.05) is 0 Å². The number of alkyl halides is 3. The molecule has 0 spiro atoms. The van der Waals surface area contributed by atoms with Gasteiger partial charge in [0.05, 0.1) is 28.3 Å². The highest BCUT2D eigenvalue weighted by Crippen LogP contribution is 2.43. The Morgan fingerprint density at radius 3 is 2.42 bits per heavy atom. The fourth-order valence-electron chi connectivity index (χ4n) is 1.38. The average molecular weight is 313 g/mol. The lowest BCUT2D eigenvalue weighted by molar-refractivity contribution is -0.137. The van der Waals surface area contributed by atoms with Crippen molar-refractivity contribution >= 4 is 23.2 Å². The molecule has 0 N–H and O–H groups in total. The zero-order valence-corrected chi connectivity index (χ0v) is 10.8. The number of aromatic nitrogens is 2. The number of nitrogens with zero attached hydrogens (tertiary/aromatic N) is 2. The summed E-state index contributed by atoms with van der Waals surface area (Å²) in [6.45, 7) is 0. The van der Waals surface area contributed by atoms with Crippen LogP contribution >= 0.6 is 23.2 Å². The van der Waals surface area contributed by atoms with Gasteiger partial charge in [0.15, 0.2) is 0 Å². The summed E-state index contributed by atoms with van der Waals surface area (Å²) in [5.41, 5.74) is -1.22. The molecule has 0 saturated carbocycles. The predicted octanol–water partition coefficient (Wildman–Crippen LogP) is 4.07. The second kappa shape index (κ2) is 4.90. The van der Waals surface area contributed by atoms with E-state index in [-0.39, 0.29) is 17.5 Å². The molecule has 0 aliphatic heterocycles. The van der Waals surface area contributed by atoms with Crippen LogP contribution in [-0.4, -0.2) is 17.3 Å². The zero-order valence-electron chi connectivity index (χ0n) is 9.26. The van der Waals surface area contributed by atoms with E-state index in [1.807, 2.05) is 0 Å². The van der Waals surface area contributed by atoms with Gasteiger partial charge in [-0.1, -0.05) is 28.3 Å². The lowest BCUT2D eigenvalue weighted by Crippen LogP contribution is -2.07. The number of hydrogen-bond acceptors (Lipinski definition) is 4. The van der Waals surface area contributed by atoms with E-state index in [4.69, 9.17) is 27.6 Å². The quantitative estimate of drug-likeness (QED) is 0.838. The second-order valence-electron chi connectivity index (χ2n) is 3.36. The Morgan fingerprint density at radius 1 is 1.21 bits per heavy atom. The third-order valence-electron chi connectivity index (χ3n) is 2.19. The minimum atomic E-state index is -4.69. The van der Waals surface area contributed by atoms with E-state index in [0.717, 1.165) is 6.07 Å². The summed E-state index contributed by atoms with van der Waals surface area (Å²) in [7, 11) is 1.28. The van der Waals surface area contributed by atoms with Crippen molar-refractivity contribution in [3.05, 3.63) is 27.7 Å². The van der Waals surface area contributed by atoms with Crippen LogP contribution in [0.1, 0.15) is 5.56 Å². The molecule has 0 aliphatic rings. The van der Waals surface area contributed by atoms with E-state index < -0.39 is 21.8 Å². The monoisotopic (exact) mass is 312 g/mol. The van der Waals surface area contributed by atoms with E-state index in [9.17, 15) is 13.2 Å². The van der Waals surface area contributed by atoms with Crippen LogP contribution in [0.15, 0.2) is 16.5 Å². The molecule has 9 heteroatoms. The molecule has 0 saturated heterocycles. The molecule has 4 nitrogen and oxygen atoms in total. The van der Waals surface area contributed by atoms with Crippen LogP contribution in [0.25, 0.3) is 11.5 Å². The van der Waals surface area contributed by atoms with Crippen LogP contribution < -0.4 is 4.74 Å². The summed E-state index contributed by atoms with van der Waals surface area (Å²) in [6.07, 6.45) is -4.87. The molecule has 0 bridgehead atoms. The molecular formula is C10H5Cl2F3N2O2. The van der Waals surface area contributed by atoms with Crippen molar-refractivity contribution in [3.8, 4) is 17.5 Å². The fraction of sp³-hybridized carbons (Fsp3) is 0.200. The first kappa shape index (κ1) is 14.0. The summed E-state index contributed by atoms with van der Waals surface area (Å²) < 4.78 is 48.1. The van der Waals surface area contributed by atoms with E-state index in [1.165, 1.54) is 13.2 Å². The molecule has 19 heavy (non-hydrogen) atoms. The summed E-state index contributed by atoms with van der Waals surface area (Å²) in [5, 5.41) is 5.88. The summed E-state index contributed by atoms with van der Waals surface area (Å²) in [4.78, 5) is 0. The molecule has 1 aromatic carbocycles. The summed E-state index contributed by atoms with van der Waals surface area (Å²) in [6, 6.07) is 2.31. The smallest absolute Gasteiger partial charge is 0.419 e. The number of halogens is 5. The topological polar surface area (TPSA) is 48.2 Å². The van der Waals surface area contributed by atoms with E-state index >= 15 is 0 Å². The van der Waals surface area contributed by atoms with Gasteiger partial charge in [-0.3, -0.25) is 0 Å². The van der Waals surface area contributed by atoms with Crippen molar-refractivity contribution < 1.29 is 22.3 Å². The Morgan fingerprint density at radius 2 is 1.89 bits per heavy atom. The molecule has 2 aromatic rings. The van der Waals surface area contributed by atoms with Crippen molar-refractivity contribution in [2.45, 2.75) is 6.18 Å². The Hall–Kier alpha value is -1.47. The number of rotatable bonds is 2. The van der Waals surface area contributed by atoms with Gasteiger partial charge >= 0.3 is 12.3 Å². The van der Waals surface area contributed by atoms with Crippen LogP contribution in [0.3, 0.4) is 0 Å². The van der Waals surface area contributed by atoms with Crippen molar-refractivity contribution in [3.63, 3.8) is 0 Å². The van der Waals surface area contributed by atoms with Gasteiger partial charge < -0.3 is 9.15 Å². The molecule has 0 fully saturated rings. The molecule has 0 radical (unpaired) electrons. The lowest BCUT2D eigenvalue weighted by Gasteiger charge is -2.12. The van der Waals surface area contributed by atoms with E-state index in [2.05, 4.69) is 14.9 Å². The maximum Gasteiger partial charge on any atom is 0.419 e.